The fraction of sp³-hybridized carbons (Fsp3) is 0.130. The van der Waals surface area contributed by atoms with Crippen molar-refractivity contribution in [3.8, 4) is 5.75 Å². The number of carbonyl (C=O) groups is 2. The molecule has 0 radical (unpaired) electrons. The van der Waals surface area contributed by atoms with Crippen molar-refractivity contribution < 1.29 is 18.7 Å². The minimum Gasteiger partial charge on any atom is -0.496 e. The van der Waals surface area contributed by atoms with Crippen molar-refractivity contribution in [2.24, 2.45) is 0 Å². The average molecular weight is 469 g/mol. The van der Waals surface area contributed by atoms with Crippen molar-refractivity contribution in [3.05, 3.63) is 93.7 Å². The molecule has 5 nitrogen and oxygen atoms in total. The monoisotopic (exact) mass is 468 g/mol. The van der Waals surface area contributed by atoms with Gasteiger partial charge in [-0.15, -0.1) is 0 Å². The van der Waals surface area contributed by atoms with E-state index in [9.17, 15) is 14.0 Å². The van der Waals surface area contributed by atoms with Crippen LogP contribution in [0.25, 0.3) is 0 Å². The predicted octanol–water partition coefficient (Wildman–Crippen LogP) is 4.78. The number of halogens is 2. The quantitative estimate of drug-likeness (QED) is 0.601. The Morgan fingerprint density at radius 1 is 1.13 bits per heavy atom. The van der Waals surface area contributed by atoms with E-state index in [-0.39, 0.29) is 24.2 Å². The first-order chi connectivity index (χ1) is 14.5. The van der Waals surface area contributed by atoms with Gasteiger partial charge in [0.05, 0.1) is 18.7 Å². The summed E-state index contributed by atoms with van der Waals surface area (Å²) in [4.78, 5) is 27.7. The van der Waals surface area contributed by atoms with Gasteiger partial charge in [-0.3, -0.25) is 9.59 Å². The van der Waals surface area contributed by atoms with Crippen molar-refractivity contribution in [1.82, 2.24) is 4.90 Å². The maximum Gasteiger partial charge on any atom is 0.258 e. The molecule has 1 atom stereocenters. The summed E-state index contributed by atoms with van der Waals surface area (Å²) in [5, 5.41) is 2.87. The second kappa shape index (κ2) is 8.28. The number of carbonyl (C=O) groups excluding carboxylic acids is 2. The van der Waals surface area contributed by atoms with Gasteiger partial charge in [0.1, 0.15) is 18.1 Å². The molecule has 0 aromatic heterocycles. The number of amides is 2. The molecule has 152 valence electrons. The van der Waals surface area contributed by atoms with Gasteiger partial charge in [-0.05, 0) is 48.0 Å². The molecule has 0 saturated carbocycles. The van der Waals surface area contributed by atoms with Crippen molar-refractivity contribution in [1.29, 1.82) is 0 Å². The van der Waals surface area contributed by atoms with Crippen molar-refractivity contribution in [2.45, 2.75) is 6.04 Å². The molecular formula is C23H18BrFN2O3. The third-order valence-electron chi connectivity index (χ3n) is 4.99. The fourth-order valence-electron chi connectivity index (χ4n) is 3.65. The first kappa shape index (κ1) is 20.1. The van der Waals surface area contributed by atoms with Gasteiger partial charge < -0.3 is 15.0 Å². The Labute approximate surface area is 181 Å². The lowest BCUT2D eigenvalue weighted by Gasteiger charge is -2.31. The standard InChI is InChI=1S/C23H18BrFN2O3/c1-30-20-5-3-2-4-17(20)23(29)27-13-21(28)26-19-11-8-15(24)12-18(19)22(27)14-6-9-16(25)10-7-14/h2-12,22H,13H2,1H3,(H,26,28)/t22-/m0/s1. The van der Waals surface area contributed by atoms with Crippen LogP contribution < -0.4 is 10.1 Å². The van der Waals surface area contributed by atoms with E-state index < -0.39 is 6.04 Å². The number of hydrogen-bond donors (Lipinski definition) is 1. The molecule has 0 saturated heterocycles. The SMILES string of the molecule is COc1ccccc1C(=O)N1CC(=O)Nc2ccc(Br)cc2[C@@H]1c1ccc(F)cc1. The van der Waals surface area contributed by atoms with Crippen molar-refractivity contribution in [3.63, 3.8) is 0 Å². The number of fused-ring (bicyclic) bond motifs is 1. The van der Waals surface area contributed by atoms with Crippen LogP contribution >= 0.6 is 15.9 Å². The lowest BCUT2D eigenvalue weighted by molar-refractivity contribution is -0.117. The number of nitrogens with one attached hydrogen (secondary N) is 1. The summed E-state index contributed by atoms with van der Waals surface area (Å²) in [6.45, 7) is -0.161. The number of hydrogen-bond acceptors (Lipinski definition) is 3. The molecule has 0 fully saturated rings. The van der Waals surface area contributed by atoms with Crippen molar-refractivity contribution >= 4 is 33.4 Å². The molecular weight excluding hydrogens is 451 g/mol. The summed E-state index contributed by atoms with van der Waals surface area (Å²) in [5.74, 6) is -0.630. The lowest BCUT2D eigenvalue weighted by atomic mass is 9.95. The Kier molecular flexibility index (Phi) is 5.55. The Bertz CT molecular complexity index is 1120. The minimum atomic E-state index is -0.602. The first-order valence-corrected chi connectivity index (χ1v) is 10.1. The fourth-order valence-corrected chi connectivity index (χ4v) is 4.03. The topological polar surface area (TPSA) is 58.6 Å². The van der Waals surface area contributed by atoms with Crippen LogP contribution in [0.3, 0.4) is 0 Å². The Morgan fingerprint density at radius 2 is 1.87 bits per heavy atom. The highest BCUT2D eigenvalue weighted by Crippen LogP contribution is 2.38. The molecule has 1 N–H and O–H groups in total. The number of ether oxygens (including phenoxy) is 1. The van der Waals surface area contributed by atoms with E-state index in [2.05, 4.69) is 21.2 Å². The van der Waals surface area contributed by atoms with E-state index in [1.54, 1.807) is 42.5 Å². The van der Waals surface area contributed by atoms with E-state index in [0.717, 1.165) is 10.0 Å². The van der Waals surface area contributed by atoms with Crippen LogP contribution in [0, 0.1) is 5.82 Å². The number of anilines is 1. The summed E-state index contributed by atoms with van der Waals surface area (Å²) >= 11 is 3.47. The second-order valence-corrected chi connectivity index (χ2v) is 7.78. The zero-order chi connectivity index (χ0) is 21.3. The van der Waals surface area contributed by atoms with Gasteiger partial charge in [-0.1, -0.05) is 40.2 Å². The third-order valence-corrected chi connectivity index (χ3v) is 5.49. The molecule has 30 heavy (non-hydrogen) atoms. The highest BCUT2D eigenvalue weighted by atomic mass is 79.9. The van der Waals surface area contributed by atoms with Gasteiger partial charge in [0.25, 0.3) is 5.91 Å². The summed E-state index contributed by atoms with van der Waals surface area (Å²) in [6, 6.07) is 17.7. The minimum absolute atomic E-state index is 0.161. The van der Waals surface area contributed by atoms with E-state index in [4.69, 9.17) is 4.74 Å². The molecule has 0 spiro atoms. The van der Waals surface area contributed by atoms with E-state index in [1.165, 1.54) is 24.1 Å². The number of para-hydroxylation sites is 1. The zero-order valence-electron chi connectivity index (χ0n) is 16.1. The normalized spacial score (nSPS) is 15.8. The van der Waals surface area contributed by atoms with E-state index in [1.807, 2.05) is 12.1 Å². The second-order valence-electron chi connectivity index (χ2n) is 6.87. The molecule has 1 aliphatic rings. The largest absolute Gasteiger partial charge is 0.496 e. The zero-order valence-corrected chi connectivity index (χ0v) is 17.6. The van der Waals surface area contributed by atoms with Crippen LogP contribution in [-0.4, -0.2) is 30.4 Å². The van der Waals surface area contributed by atoms with Crippen LogP contribution in [-0.2, 0) is 4.79 Å². The maximum atomic E-state index is 13.6. The molecule has 0 aliphatic carbocycles. The summed E-state index contributed by atoms with van der Waals surface area (Å²) < 4.78 is 19.8. The highest BCUT2D eigenvalue weighted by Gasteiger charge is 2.35. The first-order valence-electron chi connectivity index (χ1n) is 9.26. The third kappa shape index (κ3) is 3.80. The number of benzene rings is 3. The number of rotatable bonds is 3. The van der Waals surface area contributed by atoms with E-state index in [0.29, 0.717) is 22.6 Å². The summed E-state index contributed by atoms with van der Waals surface area (Å²) in [6.07, 6.45) is 0. The average Bonchev–Trinajstić information content (AvgIpc) is 2.89. The van der Waals surface area contributed by atoms with Gasteiger partial charge in [-0.25, -0.2) is 4.39 Å². The Morgan fingerprint density at radius 3 is 2.60 bits per heavy atom. The van der Waals surface area contributed by atoms with Gasteiger partial charge in [-0.2, -0.15) is 0 Å². The van der Waals surface area contributed by atoms with Gasteiger partial charge >= 0.3 is 0 Å². The van der Waals surface area contributed by atoms with Crippen LogP contribution in [0.15, 0.2) is 71.2 Å². The lowest BCUT2D eigenvalue weighted by Crippen LogP contribution is -2.39. The smallest absolute Gasteiger partial charge is 0.258 e. The van der Waals surface area contributed by atoms with E-state index >= 15 is 0 Å². The van der Waals surface area contributed by atoms with Gasteiger partial charge in [0.15, 0.2) is 0 Å². The number of methoxy groups -OCH3 is 1. The molecule has 1 aliphatic heterocycles. The summed E-state index contributed by atoms with van der Waals surface area (Å²) in [5.41, 5.74) is 2.37. The van der Waals surface area contributed by atoms with Crippen LogP contribution in [0.1, 0.15) is 27.5 Å². The maximum absolute atomic E-state index is 13.6. The molecule has 1 heterocycles. The van der Waals surface area contributed by atoms with Crippen molar-refractivity contribution in [2.75, 3.05) is 19.0 Å². The molecule has 7 heteroatoms. The molecule has 3 aromatic carbocycles. The molecule has 4 rings (SSSR count). The Hall–Kier alpha value is -3.19. The molecule has 3 aromatic rings. The van der Waals surface area contributed by atoms with Gasteiger partial charge in [0, 0.05) is 15.7 Å². The van der Waals surface area contributed by atoms with Crippen LogP contribution in [0.4, 0.5) is 10.1 Å². The molecule has 2 amide bonds. The Balaban J connectivity index is 1.91. The number of nitrogens with zero attached hydrogens (tertiary/aromatic N) is 1. The van der Waals surface area contributed by atoms with Crippen LogP contribution in [0.5, 0.6) is 5.75 Å². The van der Waals surface area contributed by atoms with Gasteiger partial charge in [0.2, 0.25) is 5.91 Å². The predicted molar refractivity (Wildman–Crippen MR) is 115 cm³/mol. The molecule has 0 unspecified atom stereocenters. The summed E-state index contributed by atoms with van der Waals surface area (Å²) in [7, 11) is 1.49. The van der Waals surface area contributed by atoms with Crippen LogP contribution in [0.2, 0.25) is 0 Å². The molecule has 0 bridgehead atoms. The highest BCUT2D eigenvalue weighted by molar-refractivity contribution is 9.10.